The molecule has 0 bridgehead atoms. The highest BCUT2D eigenvalue weighted by molar-refractivity contribution is 5.92. The monoisotopic (exact) mass is 505 g/mol. The summed E-state index contributed by atoms with van der Waals surface area (Å²) in [6.45, 7) is 0.383. The van der Waals surface area contributed by atoms with Crippen LogP contribution in [-0.2, 0) is 27.3 Å². The second-order valence-corrected chi connectivity index (χ2v) is 9.04. The Hall–Kier alpha value is -4.18. The largest absolute Gasteiger partial charge is 0.497 e. The van der Waals surface area contributed by atoms with Gasteiger partial charge in [-0.2, -0.15) is 0 Å². The summed E-state index contributed by atoms with van der Waals surface area (Å²) >= 11 is 0. The molecule has 5 N–H and O–H groups in total. The van der Waals surface area contributed by atoms with E-state index in [9.17, 15) is 14.4 Å². The number of nitrogens with two attached hydrogens (primary N) is 1. The van der Waals surface area contributed by atoms with Gasteiger partial charge in [0.2, 0.25) is 11.8 Å². The Balaban J connectivity index is 1.43. The minimum absolute atomic E-state index is 0.235. The lowest BCUT2D eigenvalue weighted by molar-refractivity contribution is -0.141. The zero-order valence-electron chi connectivity index (χ0n) is 20.6. The van der Waals surface area contributed by atoms with Crippen molar-refractivity contribution in [2.75, 3.05) is 25.9 Å². The van der Waals surface area contributed by atoms with Gasteiger partial charge in [-0.05, 0) is 60.0 Å². The number of hydrogen-bond acceptors (Lipinski definition) is 7. The van der Waals surface area contributed by atoms with Crippen LogP contribution in [0, 0.1) is 0 Å². The van der Waals surface area contributed by atoms with Gasteiger partial charge in [0.1, 0.15) is 17.6 Å². The molecule has 2 aromatic carbocycles. The van der Waals surface area contributed by atoms with Gasteiger partial charge in [0.15, 0.2) is 0 Å². The first-order valence-corrected chi connectivity index (χ1v) is 12.1. The van der Waals surface area contributed by atoms with E-state index >= 15 is 0 Å². The number of carbonyl (C=O) groups excluding carboxylic acids is 2. The first-order valence-electron chi connectivity index (χ1n) is 12.1. The summed E-state index contributed by atoms with van der Waals surface area (Å²) in [7, 11) is 1.57. The lowest BCUT2D eigenvalue weighted by atomic mass is 10.0. The number of nitrogens with zero attached hydrogens (tertiary/aromatic N) is 2. The second kappa shape index (κ2) is 11.7. The predicted octanol–water partition coefficient (Wildman–Crippen LogP) is 1.72. The molecule has 10 heteroatoms. The molecule has 2 heterocycles. The van der Waals surface area contributed by atoms with E-state index in [0.29, 0.717) is 37.5 Å². The van der Waals surface area contributed by atoms with Crippen LogP contribution in [0.3, 0.4) is 0 Å². The summed E-state index contributed by atoms with van der Waals surface area (Å²) in [5.41, 5.74) is 7.67. The van der Waals surface area contributed by atoms with E-state index in [2.05, 4.69) is 15.6 Å². The Kier molecular flexibility index (Phi) is 8.19. The number of methoxy groups -OCH3 is 1. The van der Waals surface area contributed by atoms with Crippen molar-refractivity contribution >= 4 is 34.4 Å². The number of likely N-dealkylation sites (tertiary alicyclic amines) is 1. The standard InChI is InChI=1S/C27H31N5O5/c1-37-20-7-4-17(5-8-20)14-22(30-16-24(33)34)27(36)32-12-2-3-23(32)26(35)31-15-18-6-9-21-19(13-18)10-11-29-25(21)28/h4-11,13,22-23,30H,2-3,12,14-16H2,1H3,(H2,28,29)(H,31,35)(H,33,34)/t22-,23+/m1/s1. The topological polar surface area (TPSA) is 147 Å². The highest BCUT2D eigenvalue weighted by Crippen LogP contribution is 2.22. The van der Waals surface area contributed by atoms with Crippen LogP contribution >= 0.6 is 0 Å². The lowest BCUT2D eigenvalue weighted by Crippen LogP contribution is -2.53. The Bertz CT molecular complexity index is 1280. The van der Waals surface area contributed by atoms with Crippen LogP contribution in [0.5, 0.6) is 5.75 Å². The molecule has 1 aromatic heterocycles. The molecule has 0 saturated carbocycles. The normalized spacial score (nSPS) is 15.9. The molecule has 1 saturated heterocycles. The Labute approximate surface area is 214 Å². The molecule has 2 amide bonds. The van der Waals surface area contributed by atoms with Gasteiger partial charge in [0.05, 0.1) is 19.7 Å². The summed E-state index contributed by atoms with van der Waals surface area (Å²) in [6, 6.07) is 13.4. The number of aromatic nitrogens is 1. The average Bonchev–Trinajstić information content (AvgIpc) is 3.40. The highest BCUT2D eigenvalue weighted by atomic mass is 16.5. The van der Waals surface area contributed by atoms with Crippen molar-refractivity contribution < 1.29 is 24.2 Å². The number of hydrogen-bond donors (Lipinski definition) is 4. The number of carboxylic acids is 1. The quantitative estimate of drug-likeness (QED) is 0.326. The SMILES string of the molecule is COc1ccc(C[C@@H](NCC(=O)O)C(=O)N2CCC[C@H]2C(=O)NCc2ccc3c(N)nccc3c2)cc1. The van der Waals surface area contributed by atoms with Gasteiger partial charge in [-0.15, -0.1) is 0 Å². The molecular formula is C27H31N5O5. The van der Waals surface area contributed by atoms with E-state index in [0.717, 1.165) is 21.9 Å². The molecule has 3 aromatic rings. The number of pyridine rings is 1. The number of rotatable bonds is 10. The summed E-state index contributed by atoms with van der Waals surface area (Å²) in [5.74, 6) is -0.442. The average molecular weight is 506 g/mol. The van der Waals surface area contributed by atoms with Crippen molar-refractivity contribution in [3.8, 4) is 5.75 Å². The molecule has 1 aliphatic rings. The maximum absolute atomic E-state index is 13.5. The molecule has 10 nitrogen and oxygen atoms in total. The molecule has 194 valence electrons. The van der Waals surface area contributed by atoms with E-state index in [1.54, 1.807) is 30.3 Å². The third-order valence-electron chi connectivity index (χ3n) is 6.56. The number of anilines is 1. The Morgan fingerprint density at radius 3 is 2.65 bits per heavy atom. The van der Waals surface area contributed by atoms with E-state index in [1.165, 1.54) is 0 Å². The number of carboxylic acid groups (broad SMARTS) is 1. The summed E-state index contributed by atoms with van der Waals surface area (Å²) in [5, 5.41) is 16.7. The number of nitrogen functional groups attached to an aromatic ring is 1. The smallest absolute Gasteiger partial charge is 0.317 e. The fourth-order valence-corrected chi connectivity index (χ4v) is 4.63. The van der Waals surface area contributed by atoms with Crippen LogP contribution in [0.4, 0.5) is 5.82 Å². The van der Waals surface area contributed by atoms with Crippen molar-refractivity contribution in [2.45, 2.75) is 37.9 Å². The van der Waals surface area contributed by atoms with E-state index in [4.69, 9.17) is 15.6 Å². The Morgan fingerprint density at radius 1 is 1.16 bits per heavy atom. The number of nitrogens with one attached hydrogen (secondary N) is 2. The van der Waals surface area contributed by atoms with Crippen LogP contribution in [-0.4, -0.2) is 65.1 Å². The van der Waals surface area contributed by atoms with Crippen LogP contribution in [0.1, 0.15) is 24.0 Å². The number of amides is 2. The van der Waals surface area contributed by atoms with Gasteiger partial charge in [0.25, 0.3) is 0 Å². The number of fused-ring (bicyclic) bond motifs is 1. The third kappa shape index (κ3) is 6.34. The fourth-order valence-electron chi connectivity index (χ4n) is 4.63. The minimum Gasteiger partial charge on any atom is -0.497 e. The van der Waals surface area contributed by atoms with Crippen molar-refractivity contribution in [1.29, 1.82) is 0 Å². The van der Waals surface area contributed by atoms with Crippen LogP contribution in [0.15, 0.2) is 54.7 Å². The molecule has 4 rings (SSSR count). The van der Waals surface area contributed by atoms with Gasteiger partial charge in [-0.3, -0.25) is 19.7 Å². The van der Waals surface area contributed by atoms with Gasteiger partial charge < -0.3 is 25.8 Å². The lowest BCUT2D eigenvalue weighted by Gasteiger charge is -2.28. The van der Waals surface area contributed by atoms with Crippen molar-refractivity contribution in [3.63, 3.8) is 0 Å². The maximum Gasteiger partial charge on any atom is 0.317 e. The zero-order chi connectivity index (χ0) is 26.4. The first-order chi connectivity index (χ1) is 17.9. The third-order valence-corrected chi connectivity index (χ3v) is 6.56. The number of ether oxygens (including phenoxy) is 1. The van der Waals surface area contributed by atoms with Crippen LogP contribution in [0.25, 0.3) is 10.8 Å². The molecule has 1 fully saturated rings. The van der Waals surface area contributed by atoms with Gasteiger partial charge in [-0.1, -0.05) is 24.3 Å². The van der Waals surface area contributed by atoms with Crippen molar-refractivity contribution in [3.05, 3.63) is 65.9 Å². The van der Waals surface area contributed by atoms with E-state index in [1.807, 2.05) is 36.4 Å². The molecular weight excluding hydrogens is 474 g/mol. The van der Waals surface area contributed by atoms with Crippen molar-refractivity contribution in [1.82, 2.24) is 20.5 Å². The zero-order valence-corrected chi connectivity index (χ0v) is 20.6. The fraction of sp³-hybridized carbons (Fsp3) is 0.333. The van der Waals surface area contributed by atoms with Crippen LogP contribution < -0.4 is 21.1 Å². The van der Waals surface area contributed by atoms with Gasteiger partial charge in [0, 0.05) is 24.7 Å². The summed E-state index contributed by atoms with van der Waals surface area (Å²) in [6.07, 6.45) is 3.17. The molecule has 0 unspecified atom stereocenters. The predicted molar refractivity (Wildman–Crippen MR) is 139 cm³/mol. The van der Waals surface area contributed by atoms with Gasteiger partial charge >= 0.3 is 5.97 Å². The van der Waals surface area contributed by atoms with Crippen LogP contribution in [0.2, 0.25) is 0 Å². The number of carbonyl (C=O) groups is 3. The second-order valence-electron chi connectivity index (χ2n) is 9.04. The summed E-state index contributed by atoms with van der Waals surface area (Å²) < 4.78 is 5.18. The highest BCUT2D eigenvalue weighted by Gasteiger charge is 2.37. The Morgan fingerprint density at radius 2 is 1.92 bits per heavy atom. The van der Waals surface area contributed by atoms with E-state index in [-0.39, 0.29) is 24.8 Å². The molecule has 0 radical (unpaired) electrons. The molecule has 2 atom stereocenters. The minimum atomic E-state index is -1.06. The van der Waals surface area contributed by atoms with Gasteiger partial charge in [-0.25, -0.2) is 4.98 Å². The number of benzene rings is 2. The molecule has 0 aliphatic carbocycles. The first kappa shape index (κ1) is 25.9. The van der Waals surface area contributed by atoms with Crippen molar-refractivity contribution in [2.24, 2.45) is 0 Å². The molecule has 1 aliphatic heterocycles. The summed E-state index contributed by atoms with van der Waals surface area (Å²) in [4.78, 5) is 43.5. The maximum atomic E-state index is 13.5. The number of aliphatic carboxylic acids is 1. The molecule has 0 spiro atoms. The van der Waals surface area contributed by atoms with E-state index < -0.39 is 18.1 Å². The molecule has 37 heavy (non-hydrogen) atoms.